The molecule has 0 atom stereocenters. The van der Waals surface area contributed by atoms with Crippen molar-refractivity contribution < 1.29 is 4.79 Å². The van der Waals surface area contributed by atoms with Crippen molar-refractivity contribution in [2.45, 2.75) is 45.1 Å². The third-order valence-electron chi connectivity index (χ3n) is 7.39. The normalized spacial score (nSPS) is 18.8. The number of para-hydroxylation sites is 1. The number of rotatable bonds is 3. The van der Waals surface area contributed by atoms with Gasteiger partial charge < -0.3 is 18.9 Å². The summed E-state index contributed by atoms with van der Waals surface area (Å²) < 4.78 is 3.87. The Balaban J connectivity index is 1.70. The van der Waals surface area contributed by atoms with E-state index in [1.54, 1.807) is 0 Å². The largest absolute Gasteiger partial charge is 0.339 e. The van der Waals surface area contributed by atoms with E-state index in [1.165, 1.54) is 6.42 Å². The van der Waals surface area contributed by atoms with Crippen LogP contribution in [0.1, 0.15) is 55.4 Å². The fraction of sp³-hybridized carbons (Fsp3) is 0.520. The number of nitrogens with zero attached hydrogens (tertiary/aromatic N) is 4. The molecule has 1 aliphatic heterocycles. The lowest BCUT2D eigenvalue weighted by Crippen LogP contribution is -2.48. The highest BCUT2D eigenvalue weighted by molar-refractivity contribution is 6.17. The van der Waals surface area contributed by atoms with Crippen LogP contribution < -0.4 is 5.56 Å². The van der Waals surface area contributed by atoms with Crippen molar-refractivity contribution >= 4 is 27.7 Å². The zero-order valence-electron chi connectivity index (χ0n) is 18.6. The van der Waals surface area contributed by atoms with Gasteiger partial charge in [-0.25, -0.2) is 0 Å². The molecule has 5 rings (SSSR count). The molecule has 0 bridgehead atoms. The van der Waals surface area contributed by atoms with E-state index >= 15 is 0 Å². The van der Waals surface area contributed by atoms with Gasteiger partial charge in [-0.15, -0.1) is 0 Å². The Morgan fingerprint density at radius 2 is 1.74 bits per heavy atom. The van der Waals surface area contributed by atoms with Gasteiger partial charge in [-0.3, -0.25) is 9.59 Å². The summed E-state index contributed by atoms with van der Waals surface area (Å²) in [5.74, 6) is 0.0571. The van der Waals surface area contributed by atoms with E-state index in [0.717, 1.165) is 74.7 Å². The Morgan fingerprint density at radius 1 is 1.03 bits per heavy atom. The van der Waals surface area contributed by atoms with Crippen LogP contribution in [-0.2, 0) is 7.05 Å². The predicted octanol–water partition coefficient (Wildman–Crippen LogP) is 3.78. The molecule has 3 aromatic rings. The first-order valence-corrected chi connectivity index (χ1v) is 11.7. The highest BCUT2D eigenvalue weighted by Gasteiger charge is 2.28. The number of pyridine rings is 1. The number of piperazine rings is 1. The average molecular weight is 421 g/mol. The second-order valence-electron chi connectivity index (χ2n) is 9.07. The number of fused-ring (bicyclic) bond motifs is 3. The van der Waals surface area contributed by atoms with Gasteiger partial charge in [0.15, 0.2) is 0 Å². The summed E-state index contributed by atoms with van der Waals surface area (Å²) in [6, 6.07) is 8.24. The van der Waals surface area contributed by atoms with Gasteiger partial charge in [0, 0.05) is 61.8 Å². The zero-order valence-corrected chi connectivity index (χ0v) is 18.6. The van der Waals surface area contributed by atoms with Crippen LogP contribution in [0.2, 0.25) is 0 Å². The minimum Gasteiger partial charge on any atom is -0.339 e. The SMILES string of the molecule is CCN1CCN(C(=O)c2cn(C3CCCCC3)c(=O)c3c2c2ccccc2n3C)CC1. The van der Waals surface area contributed by atoms with Crippen molar-refractivity contribution in [1.29, 1.82) is 0 Å². The highest BCUT2D eigenvalue weighted by atomic mass is 16.2. The van der Waals surface area contributed by atoms with E-state index in [1.807, 2.05) is 51.5 Å². The van der Waals surface area contributed by atoms with Crippen LogP contribution in [-0.4, -0.2) is 57.6 Å². The Kier molecular flexibility index (Phi) is 5.34. The molecule has 0 N–H and O–H groups in total. The van der Waals surface area contributed by atoms with E-state index in [0.29, 0.717) is 11.1 Å². The van der Waals surface area contributed by atoms with Crippen LogP contribution >= 0.6 is 0 Å². The van der Waals surface area contributed by atoms with E-state index < -0.39 is 0 Å². The second-order valence-corrected chi connectivity index (χ2v) is 9.07. The molecule has 0 unspecified atom stereocenters. The summed E-state index contributed by atoms with van der Waals surface area (Å²) in [4.78, 5) is 31.8. The molecule has 6 nitrogen and oxygen atoms in total. The van der Waals surface area contributed by atoms with Crippen LogP contribution in [0.25, 0.3) is 21.8 Å². The minimum atomic E-state index is 0.0351. The average Bonchev–Trinajstić information content (AvgIpc) is 3.13. The predicted molar refractivity (Wildman–Crippen MR) is 125 cm³/mol. The van der Waals surface area contributed by atoms with Crippen molar-refractivity contribution in [3.63, 3.8) is 0 Å². The lowest BCUT2D eigenvalue weighted by atomic mass is 9.94. The van der Waals surface area contributed by atoms with Gasteiger partial charge in [0.1, 0.15) is 5.52 Å². The minimum absolute atomic E-state index is 0.0351. The second kappa shape index (κ2) is 8.15. The van der Waals surface area contributed by atoms with Crippen LogP contribution in [0, 0.1) is 0 Å². The number of carbonyl (C=O) groups is 1. The lowest BCUT2D eigenvalue weighted by Gasteiger charge is -2.34. The first-order valence-electron chi connectivity index (χ1n) is 11.7. The van der Waals surface area contributed by atoms with Crippen molar-refractivity contribution in [1.82, 2.24) is 18.9 Å². The number of amides is 1. The molecule has 31 heavy (non-hydrogen) atoms. The first-order chi connectivity index (χ1) is 15.1. The Labute approximate surface area is 183 Å². The van der Waals surface area contributed by atoms with Crippen molar-refractivity contribution in [2.75, 3.05) is 32.7 Å². The van der Waals surface area contributed by atoms with Gasteiger partial charge in [-0.2, -0.15) is 0 Å². The standard InChI is InChI=1S/C25H32N4O2/c1-3-27-13-15-28(16-14-27)24(30)20-17-29(18-9-5-4-6-10-18)25(31)23-22(20)19-11-7-8-12-21(19)26(23)2/h7-8,11-12,17-18H,3-6,9-10,13-16H2,1-2H3. The number of hydrogen-bond acceptors (Lipinski definition) is 3. The first kappa shape index (κ1) is 20.3. The maximum Gasteiger partial charge on any atom is 0.275 e. The fourth-order valence-corrected chi connectivity index (χ4v) is 5.53. The Hall–Kier alpha value is -2.60. The molecule has 1 saturated heterocycles. The molecule has 1 aliphatic carbocycles. The number of benzene rings is 1. The number of hydrogen-bond donors (Lipinski definition) is 0. The smallest absolute Gasteiger partial charge is 0.275 e. The maximum atomic E-state index is 13.8. The monoisotopic (exact) mass is 420 g/mol. The van der Waals surface area contributed by atoms with Crippen LogP contribution in [0.15, 0.2) is 35.3 Å². The molecule has 0 spiro atoms. The van der Waals surface area contributed by atoms with Crippen LogP contribution in [0.3, 0.4) is 0 Å². The van der Waals surface area contributed by atoms with Gasteiger partial charge in [-0.1, -0.05) is 44.4 Å². The van der Waals surface area contributed by atoms with Crippen molar-refractivity contribution in [3.8, 4) is 0 Å². The molecule has 1 amide bonds. The Bertz CT molecular complexity index is 1180. The summed E-state index contributed by atoms with van der Waals surface area (Å²) in [5, 5.41) is 1.81. The van der Waals surface area contributed by atoms with Gasteiger partial charge in [0.25, 0.3) is 11.5 Å². The number of carbonyl (C=O) groups excluding carboxylic acids is 1. The van der Waals surface area contributed by atoms with Gasteiger partial charge in [0.05, 0.1) is 5.56 Å². The molecule has 2 aliphatic rings. The summed E-state index contributed by atoms with van der Waals surface area (Å²) >= 11 is 0. The van der Waals surface area contributed by atoms with E-state index in [2.05, 4.69) is 11.8 Å². The van der Waals surface area contributed by atoms with Gasteiger partial charge >= 0.3 is 0 Å². The molecule has 1 saturated carbocycles. The number of aryl methyl sites for hydroxylation is 1. The van der Waals surface area contributed by atoms with Crippen molar-refractivity contribution in [2.24, 2.45) is 7.05 Å². The lowest BCUT2D eigenvalue weighted by molar-refractivity contribution is 0.0644. The van der Waals surface area contributed by atoms with Crippen molar-refractivity contribution in [3.05, 3.63) is 46.4 Å². The van der Waals surface area contributed by atoms with Crippen LogP contribution in [0.4, 0.5) is 0 Å². The molecular weight excluding hydrogens is 388 g/mol. The number of aromatic nitrogens is 2. The summed E-state index contributed by atoms with van der Waals surface area (Å²) in [5.41, 5.74) is 2.38. The maximum absolute atomic E-state index is 13.8. The topological polar surface area (TPSA) is 50.5 Å². The van der Waals surface area contributed by atoms with Gasteiger partial charge in [0.2, 0.25) is 0 Å². The molecule has 1 aromatic carbocycles. The van der Waals surface area contributed by atoms with E-state index in [-0.39, 0.29) is 17.5 Å². The molecule has 2 aromatic heterocycles. The summed E-state index contributed by atoms with van der Waals surface area (Å²) in [6.45, 7) is 6.47. The third kappa shape index (κ3) is 3.37. The molecule has 3 heterocycles. The van der Waals surface area contributed by atoms with E-state index in [4.69, 9.17) is 0 Å². The van der Waals surface area contributed by atoms with E-state index in [9.17, 15) is 9.59 Å². The number of likely N-dealkylation sites (N-methyl/N-ethyl adjacent to an activating group) is 1. The summed E-state index contributed by atoms with van der Waals surface area (Å²) in [7, 11) is 1.95. The summed E-state index contributed by atoms with van der Waals surface area (Å²) in [6.07, 6.45) is 7.44. The molecular formula is C25H32N4O2. The molecule has 6 heteroatoms. The molecule has 2 fully saturated rings. The highest BCUT2D eigenvalue weighted by Crippen LogP contribution is 2.33. The fourth-order valence-electron chi connectivity index (χ4n) is 5.53. The van der Waals surface area contributed by atoms with Gasteiger partial charge in [-0.05, 0) is 25.5 Å². The Morgan fingerprint density at radius 3 is 2.45 bits per heavy atom. The molecule has 0 radical (unpaired) electrons. The van der Waals surface area contributed by atoms with Crippen LogP contribution in [0.5, 0.6) is 0 Å². The molecule has 164 valence electrons. The quantitative estimate of drug-likeness (QED) is 0.648. The zero-order chi connectivity index (χ0) is 21.5. The third-order valence-corrected chi connectivity index (χ3v) is 7.39.